The van der Waals surface area contributed by atoms with E-state index in [1.807, 2.05) is 6.92 Å². The van der Waals surface area contributed by atoms with Gasteiger partial charge >= 0.3 is 17.9 Å². The summed E-state index contributed by atoms with van der Waals surface area (Å²) in [7, 11) is 0. The molecule has 2 bridgehead atoms. The first-order chi connectivity index (χ1) is 11.8. The molecule has 2 saturated carbocycles. The van der Waals surface area contributed by atoms with Gasteiger partial charge in [-0.25, -0.2) is 9.59 Å². The summed E-state index contributed by atoms with van der Waals surface area (Å²) >= 11 is 0. The fourth-order valence-electron chi connectivity index (χ4n) is 4.57. The van der Waals surface area contributed by atoms with Crippen molar-refractivity contribution >= 4 is 17.9 Å². The lowest BCUT2D eigenvalue weighted by Gasteiger charge is -2.41. The van der Waals surface area contributed by atoms with Crippen LogP contribution >= 0.6 is 0 Å². The maximum atomic E-state index is 12.4. The third-order valence-corrected chi connectivity index (χ3v) is 6.31. The minimum Gasteiger partial charge on any atom is -0.478 e. The van der Waals surface area contributed by atoms with Crippen LogP contribution in [-0.4, -0.2) is 36.2 Å². The van der Waals surface area contributed by atoms with Crippen molar-refractivity contribution in [3.05, 3.63) is 11.1 Å². The van der Waals surface area contributed by atoms with E-state index in [0.29, 0.717) is 23.8 Å². The van der Waals surface area contributed by atoms with Crippen LogP contribution in [0.25, 0.3) is 0 Å². The molecule has 4 atom stereocenters. The minimum absolute atomic E-state index is 0.0101. The number of carboxylic acids is 1. The molecule has 3 rings (SSSR count). The molecular formula is C19H26O6. The number of hydrogen-bond acceptors (Lipinski definition) is 5. The van der Waals surface area contributed by atoms with Gasteiger partial charge in [0.25, 0.3) is 0 Å². The smallest absolute Gasteiger partial charge is 0.335 e. The Morgan fingerprint density at radius 1 is 1.04 bits per heavy atom. The molecule has 0 heterocycles. The van der Waals surface area contributed by atoms with Gasteiger partial charge in [-0.15, -0.1) is 0 Å². The Morgan fingerprint density at radius 2 is 1.60 bits per heavy atom. The highest BCUT2D eigenvalue weighted by Gasteiger charge is 2.60. The van der Waals surface area contributed by atoms with Crippen molar-refractivity contribution in [2.45, 2.75) is 46.5 Å². The molecule has 0 spiro atoms. The van der Waals surface area contributed by atoms with Crippen LogP contribution in [0.3, 0.4) is 0 Å². The van der Waals surface area contributed by atoms with Gasteiger partial charge in [-0.05, 0) is 51.4 Å². The third-order valence-electron chi connectivity index (χ3n) is 6.31. The number of fused-ring (bicyclic) bond motifs is 5. The number of esters is 2. The van der Waals surface area contributed by atoms with Crippen LogP contribution in [0.2, 0.25) is 0 Å². The highest BCUT2D eigenvalue weighted by molar-refractivity contribution is 6.04. The molecule has 25 heavy (non-hydrogen) atoms. The van der Waals surface area contributed by atoms with Crippen LogP contribution in [0, 0.1) is 29.1 Å². The first-order valence-corrected chi connectivity index (χ1v) is 9.09. The van der Waals surface area contributed by atoms with Crippen molar-refractivity contribution in [2.24, 2.45) is 29.1 Å². The molecule has 1 N–H and O–H groups in total. The van der Waals surface area contributed by atoms with E-state index in [0.717, 1.165) is 19.3 Å². The van der Waals surface area contributed by atoms with E-state index >= 15 is 0 Å². The van der Waals surface area contributed by atoms with E-state index in [-0.39, 0.29) is 36.6 Å². The Morgan fingerprint density at radius 3 is 2.16 bits per heavy atom. The maximum Gasteiger partial charge on any atom is 0.335 e. The average Bonchev–Trinajstić information content (AvgIpc) is 3.08. The number of hydrogen-bond donors (Lipinski definition) is 1. The quantitative estimate of drug-likeness (QED) is 0.561. The standard InChI is InChI=1S/C19H26O6/c1-4-19(2,3)18(23)25-8-7-24-17(22)15-13-11-6-5-10(9-11)12(13)14(15)16(20)21/h10-13H,4-9H2,1-3H3,(H,20,21). The molecule has 6 heteroatoms. The van der Waals surface area contributed by atoms with Gasteiger partial charge in [-0.2, -0.15) is 0 Å². The highest BCUT2D eigenvalue weighted by Crippen LogP contribution is 2.63. The molecule has 3 aliphatic rings. The molecule has 0 radical (unpaired) electrons. The molecule has 0 amide bonds. The number of carbonyl (C=O) groups excluding carboxylic acids is 2. The molecule has 0 aromatic heterocycles. The lowest BCUT2D eigenvalue weighted by atomic mass is 9.61. The van der Waals surface area contributed by atoms with Crippen LogP contribution in [0.5, 0.6) is 0 Å². The van der Waals surface area contributed by atoms with Gasteiger partial charge in [-0.3, -0.25) is 4.79 Å². The molecule has 138 valence electrons. The van der Waals surface area contributed by atoms with Gasteiger partial charge < -0.3 is 14.6 Å². The van der Waals surface area contributed by atoms with Crippen LogP contribution in [-0.2, 0) is 23.9 Å². The summed E-state index contributed by atoms with van der Waals surface area (Å²) in [5, 5.41) is 9.45. The van der Waals surface area contributed by atoms with Crippen molar-refractivity contribution < 1.29 is 29.0 Å². The second-order valence-electron chi connectivity index (χ2n) is 8.03. The van der Waals surface area contributed by atoms with Gasteiger partial charge in [0.2, 0.25) is 0 Å². The second-order valence-corrected chi connectivity index (χ2v) is 8.03. The summed E-state index contributed by atoms with van der Waals surface area (Å²) in [4.78, 5) is 35.8. The average molecular weight is 350 g/mol. The van der Waals surface area contributed by atoms with E-state index in [1.54, 1.807) is 13.8 Å². The molecular weight excluding hydrogens is 324 g/mol. The Balaban J connectivity index is 1.56. The van der Waals surface area contributed by atoms with Gasteiger partial charge in [0.15, 0.2) is 0 Å². The topological polar surface area (TPSA) is 89.9 Å². The molecule has 4 unspecified atom stereocenters. The fraction of sp³-hybridized carbons (Fsp3) is 0.737. The van der Waals surface area contributed by atoms with Crippen molar-refractivity contribution in [1.29, 1.82) is 0 Å². The first-order valence-electron chi connectivity index (χ1n) is 9.09. The monoisotopic (exact) mass is 350 g/mol. The summed E-state index contributed by atoms with van der Waals surface area (Å²) in [6.45, 7) is 5.45. The lowest BCUT2D eigenvalue weighted by Crippen LogP contribution is -2.42. The number of aliphatic carboxylic acids is 1. The SMILES string of the molecule is CCC(C)(C)C(=O)OCCOC(=O)C1=C(C(=O)O)C2C3CCC(C3)C12. The predicted octanol–water partition coefficient (Wildman–Crippen LogP) is 2.57. The van der Waals surface area contributed by atoms with E-state index in [4.69, 9.17) is 9.47 Å². The third kappa shape index (κ3) is 2.96. The number of rotatable bonds is 7. The van der Waals surface area contributed by atoms with Crippen LogP contribution in [0.15, 0.2) is 11.1 Å². The Labute approximate surface area is 147 Å². The molecule has 0 saturated heterocycles. The normalized spacial score (nSPS) is 29.9. The summed E-state index contributed by atoms with van der Waals surface area (Å²) in [5.74, 6) is -0.971. The summed E-state index contributed by atoms with van der Waals surface area (Å²) < 4.78 is 10.3. The molecule has 3 aliphatic carbocycles. The summed E-state index contributed by atoms with van der Waals surface area (Å²) in [6.07, 6.45) is 3.81. The van der Waals surface area contributed by atoms with Crippen molar-refractivity contribution in [2.75, 3.05) is 13.2 Å². The summed E-state index contributed by atoms with van der Waals surface area (Å²) in [6, 6.07) is 0. The highest BCUT2D eigenvalue weighted by atomic mass is 16.6. The van der Waals surface area contributed by atoms with Crippen LogP contribution in [0.1, 0.15) is 46.5 Å². The zero-order valence-corrected chi connectivity index (χ0v) is 15.0. The van der Waals surface area contributed by atoms with Gasteiger partial charge in [0, 0.05) is 11.8 Å². The minimum atomic E-state index is -1.00. The van der Waals surface area contributed by atoms with Crippen molar-refractivity contribution in [1.82, 2.24) is 0 Å². The van der Waals surface area contributed by atoms with E-state index in [2.05, 4.69) is 0 Å². The van der Waals surface area contributed by atoms with E-state index in [9.17, 15) is 19.5 Å². The zero-order chi connectivity index (χ0) is 18.4. The largest absolute Gasteiger partial charge is 0.478 e. The van der Waals surface area contributed by atoms with Gasteiger partial charge in [-0.1, -0.05) is 6.92 Å². The Bertz CT molecular complexity index is 632. The zero-order valence-electron chi connectivity index (χ0n) is 15.0. The molecule has 0 aromatic rings. The first kappa shape index (κ1) is 18.0. The fourth-order valence-corrected chi connectivity index (χ4v) is 4.57. The number of carbonyl (C=O) groups is 3. The van der Waals surface area contributed by atoms with Crippen LogP contribution in [0.4, 0.5) is 0 Å². The molecule has 2 fully saturated rings. The van der Waals surface area contributed by atoms with E-state index in [1.165, 1.54) is 0 Å². The lowest BCUT2D eigenvalue weighted by molar-refractivity contribution is -0.158. The molecule has 0 aliphatic heterocycles. The Hall–Kier alpha value is -1.85. The van der Waals surface area contributed by atoms with Gasteiger partial charge in [0.1, 0.15) is 13.2 Å². The number of ether oxygens (including phenoxy) is 2. The predicted molar refractivity (Wildman–Crippen MR) is 88.5 cm³/mol. The molecule has 0 aromatic carbocycles. The van der Waals surface area contributed by atoms with Crippen LogP contribution < -0.4 is 0 Å². The van der Waals surface area contributed by atoms with Gasteiger partial charge in [0.05, 0.1) is 16.6 Å². The van der Waals surface area contributed by atoms with Crippen molar-refractivity contribution in [3.63, 3.8) is 0 Å². The molecule has 6 nitrogen and oxygen atoms in total. The second kappa shape index (κ2) is 6.46. The van der Waals surface area contributed by atoms with E-state index < -0.39 is 17.4 Å². The number of carboxylic acid groups (broad SMARTS) is 1. The Kier molecular flexibility index (Phi) is 4.64. The summed E-state index contributed by atoms with van der Waals surface area (Å²) in [5.41, 5.74) is 0.0454. The maximum absolute atomic E-state index is 12.4. The van der Waals surface area contributed by atoms with Crippen molar-refractivity contribution in [3.8, 4) is 0 Å².